The molecule has 0 aliphatic carbocycles. The Hall–Kier alpha value is -2.39. The van der Waals surface area contributed by atoms with E-state index >= 15 is 0 Å². The molecule has 24 heavy (non-hydrogen) atoms. The van der Waals surface area contributed by atoms with E-state index in [1.165, 1.54) is 0 Å². The lowest BCUT2D eigenvalue weighted by atomic mass is 9.98. The zero-order chi connectivity index (χ0) is 16.7. The van der Waals surface area contributed by atoms with E-state index in [0.29, 0.717) is 31.4 Å². The summed E-state index contributed by atoms with van der Waals surface area (Å²) in [7, 11) is 0. The van der Waals surface area contributed by atoms with Crippen molar-refractivity contribution in [2.75, 3.05) is 0 Å². The van der Waals surface area contributed by atoms with Crippen molar-refractivity contribution in [3.05, 3.63) is 30.1 Å². The summed E-state index contributed by atoms with van der Waals surface area (Å²) in [5, 5.41) is 18.6. The van der Waals surface area contributed by atoms with Crippen LogP contribution < -0.4 is 0 Å². The Bertz CT molecular complexity index is 808. The number of amides is 1. The van der Waals surface area contributed by atoms with Crippen molar-refractivity contribution < 1.29 is 9.90 Å². The van der Waals surface area contributed by atoms with Crippen molar-refractivity contribution in [2.24, 2.45) is 0 Å². The van der Waals surface area contributed by atoms with Crippen molar-refractivity contribution in [3.8, 4) is 6.07 Å². The standard InChI is InChI=1S/C18H20N4O2/c19-6-1-7-21-11-20-16-8-12(2-5-17(16)21)18(24)22-13-3-4-14(22)10-15(23)9-13/h2,5,8,11,13-15,23H,1,3-4,7,9-10H2. The van der Waals surface area contributed by atoms with E-state index in [9.17, 15) is 9.90 Å². The van der Waals surface area contributed by atoms with Crippen molar-refractivity contribution in [1.82, 2.24) is 14.5 Å². The highest BCUT2D eigenvalue weighted by Crippen LogP contribution is 2.37. The predicted molar refractivity (Wildman–Crippen MR) is 88.2 cm³/mol. The van der Waals surface area contributed by atoms with Crippen LogP contribution in [0.3, 0.4) is 0 Å². The summed E-state index contributed by atoms with van der Waals surface area (Å²) in [6.07, 6.45) is 5.23. The van der Waals surface area contributed by atoms with Crippen LogP contribution in [0.1, 0.15) is 42.5 Å². The van der Waals surface area contributed by atoms with Gasteiger partial charge in [-0.3, -0.25) is 4.79 Å². The van der Waals surface area contributed by atoms with Crippen LogP contribution in [0.15, 0.2) is 24.5 Å². The van der Waals surface area contributed by atoms with Gasteiger partial charge in [0.05, 0.1) is 36.0 Å². The molecular formula is C18H20N4O2. The van der Waals surface area contributed by atoms with Gasteiger partial charge < -0.3 is 14.6 Å². The minimum atomic E-state index is -0.273. The molecule has 1 N–H and O–H groups in total. The number of piperidine rings is 1. The van der Waals surface area contributed by atoms with Gasteiger partial charge in [0.1, 0.15) is 0 Å². The van der Waals surface area contributed by atoms with Gasteiger partial charge in [-0.05, 0) is 43.9 Å². The monoisotopic (exact) mass is 324 g/mol. The van der Waals surface area contributed by atoms with Crippen LogP contribution in [-0.2, 0) is 6.54 Å². The topological polar surface area (TPSA) is 82.2 Å². The van der Waals surface area contributed by atoms with Crippen molar-refractivity contribution in [2.45, 2.75) is 56.8 Å². The van der Waals surface area contributed by atoms with Crippen LogP contribution in [0, 0.1) is 11.3 Å². The van der Waals surface area contributed by atoms with Gasteiger partial charge in [0, 0.05) is 24.2 Å². The number of benzene rings is 1. The van der Waals surface area contributed by atoms with Crippen LogP contribution >= 0.6 is 0 Å². The molecule has 2 unspecified atom stereocenters. The number of aliphatic hydroxyl groups is 1. The maximum absolute atomic E-state index is 13.0. The lowest BCUT2D eigenvalue weighted by Crippen LogP contribution is -2.48. The number of aromatic nitrogens is 2. The summed E-state index contributed by atoms with van der Waals surface area (Å²) in [6, 6.07) is 8.05. The zero-order valence-corrected chi connectivity index (χ0v) is 13.4. The molecule has 3 heterocycles. The van der Waals surface area contributed by atoms with E-state index in [1.54, 1.807) is 6.33 Å². The summed E-state index contributed by atoms with van der Waals surface area (Å²) in [5.41, 5.74) is 2.38. The average molecular weight is 324 g/mol. The number of hydrogen-bond donors (Lipinski definition) is 1. The van der Waals surface area contributed by atoms with E-state index in [4.69, 9.17) is 5.26 Å². The first kappa shape index (κ1) is 15.2. The molecule has 1 amide bonds. The number of aryl methyl sites for hydroxylation is 1. The molecule has 2 saturated heterocycles. The predicted octanol–water partition coefficient (Wildman–Crippen LogP) is 2.08. The molecule has 2 bridgehead atoms. The molecule has 4 rings (SSSR count). The number of nitriles is 1. The van der Waals surface area contributed by atoms with Gasteiger partial charge in [0.15, 0.2) is 0 Å². The Morgan fingerprint density at radius 3 is 2.79 bits per heavy atom. The summed E-state index contributed by atoms with van der Waals surface area (Å²) in [5.74, 6) is 0.0443. The minimum absolute atomic E-state index is 0.0443. The Kier molecular flexibility index (Phi) is 3.73. The highest BCUT2D eigenvalue weighted by molar-refractivity contribution is 5.98. The van der Waals surface area contributed by atoms with E-state index in [2.05, 4.69) is 11.1 Å². The van der Waals surface area contributed by atoms with Gasteiger partial charge in [0.25, 0.3) is 5.91 Å². The van der Waals surface area contributed by atoms with E-state index in [-0.39, 0.29) is 24.1 Å². The van der Waals surface area contributed by atoms with Crippen molar-refractivity contribution in [1.29, 1.82) is 5.26 Å². The fourth-order valence-corrected chi connectivity index (χ4v) is 4.17. The first-order valence-corrected chi connectivity index (χ1v) is 8.50. The molecule has 2 atom stereocenters. The summed E-state index contributed by atoms with van der Waals surface area (Å²) < 4.78 is 1.94. The molecule has 2 aromatic rings. The highest BCUT2D eigenvalue weighted by atomic mass is 16.3. The quantitative estimate of drug-likeness (QED) is 0.937. The highest BCUT2D eigenvalue weighted by Gasteiger charge is 2.42. The smallest absolute Gasteiger partial charge is 0.254 e. The molecule has 0 radical (unpaired) electrons. The first-order valence-electron chi connectivity index (χ1n) is 8.50. The fraction of sp³-hybridized carbons (Fsp3) is 0.500. The molecule has 2 aliphatic heterocycles. The van der Waals surface area contributed by atoms with Gasteiger partial charge in [-0.1, -0.05) is 0 Å². The second-order valence-corrected chi connectivity index (χ2v) is 6.77. The number of fused-ring (bicyclic) bond motifs is 3. The first-order chi connectivity index (χ1) is 11.7. The lowest BCUT2D eigenvalue weighted by molar-refractivity contribution is 0.0287. The molecule has 2 aliphatic rings. The van der Waals surface area contributed by atoms with Crippen LogP contribution in [0.2, 0.25) is 0 Å². The Morgan fingerprint density at radius 2 is 2.08 bits per heavy atom. The maximum Gasteiger partial charge on any atom is 0.254 e. The molecular weight excluding hydrogens is 304 g/mol. The van der Waals surface area contributed by atoms with Crippen LogP contribution in [0.4, 0.5) is 0 Å². The Morgan fingerprint density at radius 1 is 1.33 bits per heavy atom. The summed E-state index contributed by atoms with van der Waals surface area (Å²) in [6.45, 7) is 0.606. The van der Waals surface area contributed by atoms with Crippen molar-refractivity contribution in [3.63, 3.8) is 0 Å². The lowest BCUT2D eigenvalue weighted by Gasteiger charge is -2.37. The largest absolute Gasteiger partial charge is 0.393 e. The van der Waals surface area contributed by atoms with Crippen LogP contribution in [-0.4, -0.2) is 43.7 Å². The zero-order valence-electron chi connectivity index (χ0n) is 13.4. The number of rotatable bonds is 3. The normalized spacial score (nSPS) is 25.8. The molecule has 0 spiro atoms. The second kappa shape index (κ2) is 5.91. The van der Waals surface area contributed by atoms with Gasteiger partial charge in [-0.2, -0.15) is 5.26 Å². The number of aliphatic hydroxyl groups excluding tert-OH is 1. The van der Waals surface area contributed by atoms with E-state index in [1.807, 2.05) is 27.7 Å². The number of imidazole rings is 1. The third-order valence-corrected chi connectivity index (χ3v) is 5.28. The molecule has 2 fully saturated rings. The van der Waals surface area contributed by atoms with Gasteiger partial charge >= 0.3 is 0 Å². The van der Waals surface area contributed by atoms with Gasteiger partial charge in [-0.25, -0.2) is 4.98 Å². The SMILES string of the molecule is N#CCCn1cnc2cc(C(=O)N3C4CCC3CC(O)C4)ccc21. The maximum atomic E-state index is 13.0. The third kappa shape index (κ3) is 2.45. The number of hydrogen-bond acceptors (Lipinski definition) is 4. The molecule has 0 saturated carbocycles. The van der Waals surface area contributed by atoms with E-state index < -0.39 is 0 Å². The number of carbonyl (C=O) groups excluding carboxylic acids is 1. The van der Waals surface area contributed by atoms with Gasteiger partial charge in [0.2, 0.25) is 0 Å². The van der Waals surface area contributed by atoms with Gasteiger partial charge in [-0.15, -0.1) is 0 Å². The average Bonchev–Trinajstić information content (AvgIpc) is 3.10. The molecule has 1 aromatic carbocycles. The third-order valence-electron chi connectivity index (χ3n) is 5.28. The minimum Gasteiger partial charge on any atom is -0.393 e. The number of carbonyl (C=O) groups is 1. The van der Waals surface area contributed by atoms with E-state index in [0.717, 1.165) is 23.9 Å². The number of nitrogens with zero attached hydrogens (tertiary/aromatic N) is 4. The molecule has 124 valence electrons. The van der Waals surface area contributed by atoms with Crippen LogP contribution in [0.5, 0.6) is 0 Å². The van der Waals surface area contributed by atoms with Crippen LogP contribution in [0.25, 0.3) is 11.0 Å². The molecule has 6 heteroatoms. The Labute approximate surface area is 140 Å². The second-order valence-electron chi connectivity index (χ2n) is 6.77. The Balaban J connectivity index is 1.60. The molecule has 6 nitrogen and oxygen atoms in total. The van der Waals surface area contributed by atoms with Crippen molar-refractivity contribution >= 4 is 16.9 Å². The summed E-state index contributed by atoms with van der Waals surface area (Å²) in [4.78, 5) is 19.3. The fourth-order valence-electron chi connectivity index (χ4n) is 4.17. The summed E-state index contributed by atoms with van der Waals surface area (Å²) >= 11 is 0. The molecule has 1 aromatic heterocycles.